The Morgan fingerprint density at radius 1 is 1.11 bits per heavy atom. The molecule has 27 heavy (non-hydrogen) atoms. The van der Waals surface area contributed by atoms with Crippen molar-refractivity contribution in [3.8, 4) is 5.75 Å². The molecular formula is C20H11Br2FN2O2. The van der Waals surface area contributed by atoms with Gasteiger partial charge in [-0.15, -0.1) is 0 Å². The van der Waals surface area contributed by atoms with E-state index in [9.17, 15) is 9.18 Å². The standard InChI is InChI=1S/C20H11Br2FN2O2/c1-10-14(8-11-7-12(23)4-5-17(11)25-10)20(26)27-19-16(22)9-15(21)13-3-2-6-24-18(13)19/h2-9H,1H3. The predicted molar refractivity (Wildman–Crippen MR) is 109 cm³/mol. The minimum absolute atomic E-state index is 0.270. The number of carbonyl (C=O) groups is 1. The molecule has 0 unspecified atom stereocenters. The van der Waals surface area contributed by atoms with E-state index in [0.29, 0.717) is 32.3 Å². The van der Waals surface area contributed by atoms with Gasteiger partial charge in [-0.25, -0.2) is 9.18 Å². The first-order valence-corrected chi connectivity index (χ1v) is 9.54. The van der Waals surface area contributed by atoms with Gasteiger partial charge in [0.2, 0.25) is 0 Å². The number of rotatable bonds is 2. The van der Waals surface area contributed by atoms with Crippen molar-refractivity contribution < 1.29 is 13.9 Å². The first-order chi connectivity index (χ1) is 12.9. The van der Waals surface area contributed by atoms with E-state index >= 15 is 0 Å². The molecule has 4 rings (SSSR count). The molecule has 4 aromatic rings. The number of pyridine rings is 2. The molecule has 0 fully saturated rings. The lowest BCUT2D eigenvalue weighted by Gasteiger charge is -2.12. The summed E-state index contributed by atoms with van der Waals surface area (Å²) in [5, 5.41) is 1.35. The van der Waals surface area contributed by atoms with Gasteiger partial charge >= 0.3 is 5.97 Å². The van der Waals surface area contributed by atoms with Crippen molar-refractivity contribution in [2.75, 3.05) is 0 Å². The van der Waals surface area contributed by atoms with Crippen LogP contribution in [0.5, 0.6) is 5.75 Å². The second-order valence-corrected chi connectivity index (χ2v) is 7.63. The van der Waals surface area contributed by atoms with Gasteiger partial charge in [-0.05, 0) is 59.3 Å². The second kappa shape index (κ2) is 6.98. The Kier molecular flexibility index (Phi) is 4.65. The van der Waals surface area contributed by atoms with Crippen molar-refractivity contribution in [1.29, 1.82) is 0 Å². The number of esters is 1. The zero-order valence-electron chi connectivity index (χ0n) is 14.0. The summed E-state index contributed by atoms with van der Waals surface area (Å²) < 4.78 is 20.6. The molecule has 0 saturated heterocycles. The van der Waals surface area contributed by atoms with Crippen molar-refractivity contribution in [2.45, 2.75) is 6.92 Å². The molecule has 2 aromatic carbocycles. The molecule has 2 aromatic heterocycles. The number of ether oxygens (including phenoxy) is 1. The van der Waals surface area contributed by atoms with Crippen molar-refractivity contribution in [3.63, 3.8) is 0 Å². The predicted octanol–water partition coefficient (Wildman–Crippen LogP) is 5.97. The van der Waals surface area contributed by atoms with Crippen LogP contribution in [0, 0.1) is 12.7 Å². The zero-order chi connectivity index (χ0) is 19.1. The fraction of sp³-hybridized carbons (Fsp3) is 0.0500. The monoisotopic (exact) mass is 488 g/mol. The summed E-state index contributed by atoms with van der Waals surface area (Å²) in [4.78, 5) is 21.5. The molecular weight excluding hydrogens is 479 g/mol. The molecule has 0 amide bonds. The van der Waals surface area contributed by atoms with Gasteiger partial charge in [-0.3, -0.25) is 9.97 Å². The number of benzene rings is 2. The van der Waals surface area contributed by atoms with E-state index < -0.39 is 11.8 Å². The lowest BCUT2D eigenvalue weighted by molar-refractivity contribution is 0.0734. The molecule has 0 aliphatic rings. The Morgan fingerprint density at radius 2 is 1.93 bits per heavy atom. The van der Waals surface area contributed by atoms with E-state index in [2.05, 4.69) is 41.8 Å². The Hall–Kier alpha value is -2.38. The van der Waals surface area contributed by atoms with Gasteiger partial charge in [0.05, 0.1) is 21.2 Å². The van der Waals surface area contributed by atoms with Gasteiger partial charge in [0.1, 0.15) is 11.3 Å². The average molecular weight is 490 g/mol. The smallest absolute Gasteiger partial charge is 0.345 e. The van der Waals surface area contributed by atoms with Gasteiger partial charge in [-0.1, -0.05) is 22.0 Å². The molecule has 0 radical (unpaired) electrons. The van der Waals surface area contributed by atoms with Crippen molar-refractivity contribution >= 4 is 59.6 Å². The molecule has 0 aliphatic carbocycles. The molecule has 134 valence electrons. The lowest BCUT2D eigenvalue weighted by Crippen LogP contribution is -2.12. The second-order valence-electron chi connectivity index (χ2n) is 5.92. The number of aryl methyl sites for hydroxylation is 1. The van der Waals surface area contributed by atoms with E-state index in [4.69, 9.17) is 4.74 Å². The highest BCUT2D eigenvalue weighted by Gasteiger charge is 2.19. The van der Waals surface area contributed by atoms with Crippen LogP contribution in [-0.2, 0) is 0 Å². The van der Waals surface area contributed by atoms with E-state index in [-0.39, 0.29) is 5.56 Å². The maximum absolute atomic E-state index is 13.5. The average Bonchev–Trinajstić information content (AvgIpc) is 2.64. The van der Waals surface area contributed by atoms with Crippen molar-refractivity contribution in [1.82, 2.24) is 9.97 Å². The summed E-state index contributed by atoms with van der Waals surface area (Å²) in [6.07, 6.45) is 1.63. The Morgan fingerprint density at radius 3 is 2.74 bits per heavy atom. The molecule has 0 aliphatic heterocycles. The Balaban J connectivity index is 1.80. The fourth-order valence-corrected chi connectivity index (χ4v) is 4.20. The third kappa shape index (κ3) is 3.33. The van der Waals surface area contributed by atoms with E-state index in [1.807, 2.05) is 6.07 Å². The third-order valence-electron chi connectivity index (χ3n) is 4.13. The van der Waals surface area contributed by atoms with Crippen LogP contribution in [0.3, 0.4) is 0 Å². The van der Waals surface area contributed by atoms with Crippen molar-refractivity contribution in [3.05, 3.63) is 74.7 Å². The topological polar surface area (TPSA) is 52.1 Å². The summed E-state index contributed by atoms with van der Waals surface area (Å²) >= 11 is 6.91. The molecule has 0 saturated carbocycles. The Labute approximate surface area is 170 Å². The van der Waals surface area contributed by atoms with Crippen LogP contribution in [0.1, 0.15) is 16.1 Å². The summed E-state index contributed by atoms with van der Waals surface area (Å²) in [6.45, 7) is 1.71. The molecule has 2 heterocycles. The highest BCUT2D eigenvalue weighted by atomic mass is 79.9. The largest absolute Gasteiger partial charge is 0.419 e. The quantitative estimate of drug-likeness (QED) is 0.257. The molecule has 0 atom stereocenters. The summed E-state index contributed by atoms with van der Waals surface area (Å²) in [5.41, 5.74) is 1.93. The van der Waals surface area contributed by atoms with Crippen LogP contribution < -0.4 is 4.74 Å². The number of fused-ring (bicyclic) bond motifs is 2. The van der Waals surface area contributed by atoms with Gasteiger partial charge in [0, 0.05) is 21.4 Å². The van der Waals surface area contributed by atoms with Crippen LogP contribution in [0.2, 0.25) is 0 Å². The third-order valence-corrected chi connectivity index (χ3v) is 5.38. The minimum Gasteiger partial charge on any atom is -0.419 e. The summed E-state index contributed by atoms with van der Waals surface area (Å²) in [6, 6.07) is 11.3. The van der Waals surface area contributed by atoms with Gasteiger partial charge in [0.15, 0.2) is 5.75 Å². The number of hydrogen-bond donors (Lipinski definition) is 0. The number of hydrogen-bond acceptors (Lipinski definition) is 4. The first-order valence-electron chi connectivity index (χ1n) is 7.96. The number of halogens is 3. The molecule has 4 nitrogen and oxygen atoms in total. The van der Waals surface area contributed by atoms with Crippen LogP contribution in [0.4, 0.5) is 4.39 Å². The van der Waals surface area contributed by atoms with Gasteiger partial charge < -0.3 is 4.74 Å². The summed E-state index contributed by atoms with van der Waals surface area (Å²) in [7, 11) is 0. The molecule has 7 heteroatoms. The van der Waals surface area contributed by atoms with E-state index in [1.165, 1.54) is 12.1 Å². The fourth-order valence-electron chi connectivity index (χ4n) is 2.84. The number of nitrogens with zero attached hydrogens (tertiary/aromatic N) is 2. The maximum Gasteiger partial charge on any atom is 0.345 e. The first kappa shape index (κ1) is 18.0. The molecule has 0 spiro atoms. The highest BCUT2D eigenvalue weighted by Crippen LogP contribution is 2.37. The molecule has 0 bridgehead atoms. The van der Waals surface area contributed by atoms with Crippen LogP contribution >= 0.6 is 31.9 Å². The van der Waals surface area contributed by atoms with Gasteiger partial charge in [-0.2, -0.15) is 0 Å². The Bertz CT molecular complexity index is 1230. The van der Waals surface area contributed by atoms with Crippen LogP contribution in [-0.4, -0.2) is 15.9 Å². The van der Waals surface area contributed by atoms with Crippen LogP contribution in [0.25, 0.3) is 21.8 Å². The minimum atomic E-state index is -0.582. The van der Waals surface area contributed by atoms with E-state index in [0.717, 1.165) is 9.86 Å². The van der Waals surface area contributed by atoms with E-state index in [1.54, 1.807) is 37.4 Å². The van der Waals surface area contributed by atoms with Gasteiger partial charge in [0.25, 0.3) is 0 Å². The SMILES string of the molecule is Cc1nc2ccc(F)cc2cc1C(=O)Oc1c(Br)cc(Br)c2cccnc12. The van der Waals surface area contributed by atoms with Crippen LogP contribution in [0.15, 0.2) is 57.6 Å². The number of aromatic nitrogens is 2. The normalized spacial score (nSPS) is 11.1. The maximum atomic E-state index is 13.5. The zero-order valence-corrected chi connectivity index (χ0v) is 17.1. The number of carbonyl (C=O) groups excluding carboxylic acids is 1. The van der Waals surface area contributed by atoms with Crippen molar-refractivity contribution in [2.24, 2.45) is 0 Å². The summed E-state index contributed by atoms with van der Waals surface area (Å²) in [5.74, 6) is -0.656. The highest BCUT2D eigenvalue weighted by molar-refractivity contribution is 9.11. The lowest BCUT2D eigenvalue weighted by atomic mass is 10.1. The molecule has 0 N–H and O–H groups in total.